The molecule has 2 atom stereocenters. The van der Waals surface area contributed by atoms with E-state index >= 15 is 0 Å². The highest BCUT2D eigenvalue weighted by Crippen LogP contribution is 2.34. The van der Waals surface area contributed by atoms with Crippen LogP contribution in [0.15, 0.2) is 18.2 Å². The normalized spacial score (nSPS) is 17.3. The molecular weight excluding hydrogens is 232 g/mol. The first-order valence-corrected chi connectivity index (χ1v) is 7.22. The summed E-state index contributed by atoms with van der Waals surface area (Å²) in [6.45, 7) is 4.27. The molecule has 0 bridgehead atoms. The average molecular weight is 256 g/mol. The number of nitriles is 1. The Hall–Kier alpha value is -1.33. The molecule has 1 aliphatic rings. The fraction of sp³-hybridized carbons (Fsp3) is 0.588. The molecule has 1 aliphatic carbocycles. The maximum atomic E-state index is 9.49. The van der Waals surface area contributed by atoms with Crippen molar-refractivity contribution in [3.8, 4) is 6.07 Å². The maximum absolute atomic E-state index is 9.49. The van der Waals surface area contributed by atoms with Gasteiger partial charge in [-0.3, -0.25) is 0 Å². The lowest BCUT2D eigenvalue weighted by molar-refractivity contribution is 0.210. The highest BCUT2D eigenvalue weighted by molar-refractivity contribution is 5.37. The zero-order valence-electron chi connectivity index (χ0n) is 12.5. The molecule has 1 aromatic rings. The molecule has 0 amide bonds. The summed E-state index contributed by atoms with van der Waals surface area (Å²) in [5.41, 5.74) is 4.29. The van der Waals surface area contributed by atoms with Crippen molar-refractivity contribution < 1.29 is 0 Å². The van der Waals surface area contributed by atoms with Crippen molar-refractivity contribution in [3.63, 3.8) is 0 Å². The number of aryl methyl sites for hydroxylation is 2. The highest BCUT2D eigenvalue weighted by Gasteiger charge is 2.28. The number of hydrogen-bond acceptors (Lipinski definition) is 2. The van der Waals surface area contributed by atoms with Gasteiger partial charge in [0, 0.05) is 0 Å². The average Bonchev–Trinajstić information content (AvgIpc) is 2.81. The molecule has 2 unspecified atom stereocenters. The Bertz CT molecular complexity index is 483. The Morgan fingerprint density at radius 3 is 2.42 bits per heavy atom. The van der Waals surface area contributed by atoms with Gasteiger partial charge < -0.3 is 4.90 Å². The van der Waals surface area contributed by atoms with Gasteiger partial charge in [0.2, 0.25) is 0 Å². The monoisotopic (exact) mass is 256 g/mol. The third kappa shape index (κ3) is 2.82. The molecule has 2 heteroatoms. The summed E-state index contributed by atoms with van der Waals surface area (Å²) in [5, 5.41) is 9.49. The fourth-order valence-electron chi connectivity index (χ4n) is 3.19. The van der Waals surface area contributed by atoms with Gasteiger partial charge in [0.25, 0.3) is 0 Å². The minimum atomic E-state index is 0.0365. The zero-order chi connectivity index (χ0) is 14.0. The SMILES string of the molecule is CC(C)C(C#N)C(c1ccc2c(c1)CCC2)N(C)C. The second-order valence-electron chi connectivity index (χ2n) is 6.19. The molecule has 0 radical (unpaired) electrons. The van der Waals surface area contributed by atoms with E-state index in [0.29, 0.717) is 5.92 Å². The number of benzene rings is 1. The number of nitrogens with zero attached hydrogens (tertiary/aromatic N) is 2. The van der Waals surface area contributed by atoms with Crippen LogP contribution in [0.5, 0.6) is 0 Å². The number of fused-ring (bicyclic) bond motifs is 1. The molecule has 1 aromatic carbocycles. The van der Waals surface area contributed by atoms with E-state index < -0.39 is 0 Å². The quantitative estimate of drug-likeness (QED) is 0.823. The number of hydrogen-bond donors (Lipinski definition) is 0. The van der Waals surface area contributed by atoms with Crippen LogP contribution in [0.4, 0.5) is 0 Å². The summed E-state index contributed by atoms with van der Waals surface area (Å²) in [6.07, 6.45) is 3.69. The second-order valence-corrected chi connectivity index (χ2v) is 6.19. The molecule has 0 fully saturated rings. The minimum absolute atomic E-state index is 0.0365. The fourth-order valence-corrected chi connectivity index (χ4v) is 3.19. The van der Waals surface area contributed by atoms with E-state index in [2.05, 4.69) is 57.1 Å². The van der Waals surface area contributed by atoms with Crippen LogP contribution in [0.25, 0.3) is 0 Å². The van der Waals surface area contributed by atoms with Gasteiger partial charge in [-0.15, -0.1) is 0 Å². The van der Waals surface area contributed by atoms with Gasteiger partial charge in [-0.2, -0.15) is 5.26 Å². The molecular formula is C17H24N2. The molecule has 0 aromatic heterocycles. The van der Waals surface area contributed by atoms with Crippen LogP contribution in [-0.2, 0) is 12.8 Å². The van der Waals surface area contributed by atoms with E-state index in [1.165, 1.54) is 36.0 Å². The molecule has 2 nitrogen and oxygen atoms in total. The van der Waals surface area contributed by atoms with Crippen molar-refractivity contribution >= 4 is 0 Å². The van der Waals surface area contributed by atoms with Gasteiger partial charge in [0.1, 0.15) is 0 Å². The Morgan fingerprint density at radius 1 is 1.16 bits per heavy atom. The van der Waals surface area contributed by atoms with Crippen LogP contribution < -0.4 is 0 Å². The lowest BCUT2D eigenvalue weighted by Crippen LogP contribution is -2.29. The Labute approximate surface area is 117 Å². The summed E-state index contributed by atoms with van der Waals surface area (Å²) in [5.74, 6) is 0.403. The molecule has 0 heterocycles. The Balaban J connectivity index is 2.37. The predicted molar refractivity (Wildman–Crippen MR) is 78.8 cm³/mol. The zero-order valence-corrected chi connectivity index (χ0v) is 12.5. The van der Waals surface area contributed by atoms with Crippen molar-refractivity contribution in [2.24, 2.45) is 11.8 Å². The highest BCUT2D eigenvalue weighted by atomic mass is 15.1. The van der Waals surface area contributed by atoms with Crippen LogP contribution >= 0.6 is 0 Å². The lowest BCUT2D eigenvalue weighted by atomic mass is 9.84. The molecule has 0 saturated heterocycles. The van der Waals surface area contributed by atoms with E-state index in [4.69, 9.17) is 0 Å². The van der Waals surface area contributed by atoms with Crippen molar-refractivity contribution in [1.29, 1.82) is 5.26 Å². The lowest BCUT2D eigenvalue weighted by Gasteiger charge is -2.31. The van der Waals surface area contributed by atoms with E-state index in [0.717, 1.165) is 0 Å². The molecule has 102 valence electrons. The van der Waals surface area contributed by atoms with Gasteiger partial charge >= 0.3 is 0 Å². The Kier molecular flexibility index (Phi) is 4.27. The summed E-state index contributed by atoms with van der Waals surface area (Å²) in [7, 11) is 4.15. The standard InChI is InChI=1S/C17H24N2/c1-12(2)16(11-18)17(19(3)4)15-9-8-13-6-5-7-14(13)10-15/h8-10,12,16-17H,5-7H2,1-4H3. The third-order valence-corrected chi connectivity index (χ3v) is 4.23. The first-order valence-electron chi connectivity index (χ1n) is 7.22. The van der Waals surface area contributed by atoms with Crippen LogP contribution in [0.2, 0.25) is 0 Å². The molecule has 0 spiro atoms. The van der Waals surface area contributed by atoms with Crippen LogP contribution in [0.1, 0.15) is 43.0 Å². The summed E-state index contributed by atoms with van der Waals surface area (Å²) < 4.78 is 0. The first kappa shape index (κ1) is 14.1. The van der Waals surface area contributed by atoms with E-state index in [9.17, 15) is 5.26 Å². The molecule has 0 N–H and O–H groups in total. The van der Waals surface area contributed by atoms with E-state index in [-0.39, 0.29) is 12.0 Å². The van der Waals surface area contributed by atoms with Crippen molar-refractivity contribution in [3.05, 3.63) is 34.9 Å². The smallest absolute Gasteiger partial charge is 0.0683 e. The summed E-state index contributed by atoms with van der Waals surface area (Å²) >= 11 is 0. The topological polar surface area (TPSA) is 27.0 Å². The molecule has 0 aliphatic heterocycles. The maximum Gasteiger partial charge on any atom is 0.0683 e. The largest absolute Gasteiger partial charge is 0.301 e. The van der Waals surface area contributed by atoms with Gasteiger partial charge in [-0.05, 0) is 56.0 Å². The van der Waals surface area contributed by atoms with Crippen LogP contribution in [0.3, 0.4) is 0 Å². The molecule has 2 rings (SSSR count). The van der Waals surface area contributed by atoms with E-state index in [1.54, 1.807) is 0 Å². The van der Waals surface area contributed by atoms with Crippen molar-refractivity contribution in [2.75, 3.05) is 14.1 Å². The van der Waals surface area contributed by atoms with Crippen molar-refractivity contribution in [2.45, 2.75) is 39.2 Å². The number of rotatable bonds is 4. The molecule has 19 heavy (non-hydrogen) atoms. The summed E-state index contributed by atoms with van der Waals surface area (Å²) in [4.78, 5) is 2.19. The van der Waals surface area contributed by atoms with Gasteiger partial charge in [0.05, 0.1) is 18.0 Å². The van der Waals surface area contributed by atoms with E-state index in [1.807, 2.05) is 0 Å². The van der Waals surface area contributed by atoms with Crippen LogP contribution in [-0.4, -0.2) is 19.0 Å². The van der Waals surface area contributed by atoms with Crippen LogP contribution in [0, 0.1) is 23.2 Å². The van der Waals surface area contributed by atoms with Gasteiger partial charge in [-0.1, -0.05) is 32.0 Å². The second kappa shape index (κ2) is 5.75. The van der Waals surface area contributed by atoms with Crippen molar-refractivity contribution in [1.82, 2.24) is 4.90 Å². The molecule has 0 saturated carbocycles. The Morgan fingerprint density at radius 2 is 1.84 bits per heavy atom. The van der Waals surface area contributed by atoms with Gasteiger partial charge in [0.15, 0.2) is 0 Å². The first-order chi connectivity index (χ1) is 9.04. The predicted octanol–water partition coefficient (Wildman–Crippen LogP) is 3.57. The van der Waals surface area contributed by atoms with Gasteiger partial charge in [-0.25, -0.2) is 0 Å². The minimum Gasteiger partial charge on any atom is -0.301 e. The summed E-state index contributed by atoms with van der Waals surface area (Å²) in [6, 6.07) is 9.52. The third-order valence-electron chi connectivity index (χ3n) is 4.23.